The maximum absolute atomic E-state index is 14.9. The van der Waals surface area contributed by atoms with E-state index in [1.807, 2.05) is 0 Å². The van der Waals surface area contributed by atoms with E-state index in [2.05, 4.69) is 13.2 Å². The highest BCUT2D eigenvalue weighted by Crippen LogP contribution is 2.29. The zero-order chi connectivity index (χ0) is 28.8. The fourth-order valence-electron chi connectivity index (χ4n) is 3.66. The minimum Gasteiger partial charge on any atom is -0.489 e. The van der Waals surface area contributed by atoms with Crippen LogP contribution in [0.4, 0.5) is 8.78 Å². The number of benzene rings is 4. The number of rotatable bonds is 9. The Bertz CT molecular complexity index is 1470. The lowest BCUT2D eigenvalue weighted by Gasteiger charge is -2.11. The lowest BCUT2D eigenvalue weighted by Crippen LogP contribution is -2.07. The average molecular weight is 541 g/mol. The van der Waals surface area contributed by atoms with Crippen LogP contribution in [-0.2, 0) is 16.2 Å². The quantitative estimate of drug-likeness (QED) is 0.123. The summed E-state index contributed by atoms with van der Waals surface area (Å²) in [5.74, 6) is -1.06. The smallest absolute Gasteiger partial charge is 0.338 e. The Labute approximate surface area is 231 Å². The fraction of sp³-hybridized carbons (Fsp3) is 0.0909. The molecule has 0 fully saturated rings. The first-order valence-electron chi connectivity index (χ1n) is 12.3. The molecule has 4 rings (SSSR count). The third-order valence-corrected chi connectivity index (χ3v) is 5.83. The molecule has 0 radical (unpaired) electrons. The standard InChI is InChI=1S/C33H26F2O5/c1-20(2)32(36)39-25-10-6-23(7-11-25)28-15-5-22(17-30(28)34)19-38-27-14-16-29(31(35)18-27)24-8-12-26(13-9-24)40-33(37)21(3)4/h5-18H,1,3,19H2,2,4H3. The van der Waals surface area contributed by atoms with E-state index >= 15 is 0 Å². The summed E-state index contributed by atoms with van der Waals surface area (Å²) in [6.07, 6.45) is 0. The van der Waals surface area contributed by atoms with Gasteiger partial charge in [0, 0.05) is 28.3 Å². The fourth-order valence-corrected chi connectivity index (χ4v) is 3.66. The molecular weight excluding hydrogens is 514 g/mol. The molecule has 5 nitrogen and oxygen atoms in total. The highest BCUT2D eigenvalue weighted by molar-refractivity contribution is 5.89. The maximum atomic E-state index is 14.9. The number of carbonyl (C=O) groups is 2. The van der Waals surface area contributed by atoms with Crippen LogP contribution in [0, 0.1) is 11.6 Å². The largest absolute Gasteiger partial charge is 0.489 e. The Morgan fingerprint density at radius 1 is 0.625 bits per heavy atom. The van der Waals surface area contributed by atoms with Crippen LogP contribution in [-0.4, -0.2) is 11.9 Å². The van der Waals surface area contributed by atoms with Crippen molar-refractivity contribution in [3.63, 3.8) is 0 Å². The monoisotopic (exact) mass is 540 g/mol. The Kier molecular flexibility index (Phi) is 8.54. The SMILES string of the molecule is C=C(C)C(=O)Oc1ccc(-c2ccc(COc3ccc(-c4ccc(OC(=O)C(=C)C)cc4)c(F)c3)cc2F)cc1. The third-order valence-electron chi connectivity index (χ3n) is 5.83. The van der Waals surface area contributed by atoms with Crippen molar-refractivity contribution >= 4 is 11.9 Å². The van der Waals surface area contributed by atoms with E-state index in [1.54, 1.807) is 86.6 Å². The summed E-state index contributed by atoms with van der Waals surface area (Å²) in [7, 11) is 0. The van der Waals surface area contributed by atoms with Crippen molar-refractivity contribution < 1.29 is 32.6 Å². The molecule has 0 amide bonds. The van der Waals surface area contributed by atoms with Crippen LogP contribution in [0.2, 0.25) is 0 Å². The van der Waals surface area contributed by atoms with Gasteiger partial charge in [0.1, 0.15) is 35.5 Å². The van der Waals surface area contributed by atoms with Gasteiger partial charge in [-0.3, -0.25) is 0 Å². The van der Waals surface area contributed by atoms with Gasteiger partial charge in [-0.1, -0.05) is 49.6 Å². The van der Waals surface area contributed by atoms with Crippen LogP contribution in [0.3, 0.4) is 0 Å². The second-order valence-electron chi connectivity index (χ2n) is 9.13. The van der Waals surface area contributed by atoms with E-state index in [0.717, 1.165) is 0 Å². The normalized spacial score (nSPS) is 10.5. The molecule has 202 valence electrons. The first kappa shape index (κ1) is 28.0. The topological polar surface area (TPSA) is 61.8 Å². The molecule has 7 heteroatoms. The van der Waals surface area contributed by atoms with Crippen molar-refractivity contribution in [2.75, 3.05) is 0 Å². The highest BCUT2D eigenvalue weighted by atomic mass is 19.1. The molecule has 0 N–H and O–H groups in total. The van der Waals surface area contributed by atoms with Crippen molar-refractivity contribution in [2.45, 2.75) is 20.5 Å². The van der Waals surface area contributed by atoms with Crippen LogP contribution in [0.5, 0.6) is 17.2 Å². The van der Waals surface area contributed by atoms with Gasteiger partial charge in [0.05, 0.1) is 0 Å². The molecule has 4 aromatic rings. The van der Waals surface area contributed by atoms with Crippen molar-refractivity contribution in [1.82, 2.24) is 0 Å². The van der Waals surface area contributed by atoms with Gasteiger partial charge in [0.2, 0.25) is 0 Å². The summed E-state index contributed by atoms with van der Waals surface area (Å²) in [5, 5.41) is 0. The van der Waals surface area contributed by atoms with Crippen LogP contribution < -0.4 is 14.2 Å². The average Bonchev–Trinajstić information content (AvgIpc) is 2.93. The van der Waals surface area contributed by atoms with E-state index in [0.29, 0.717) is 39.3 Å². The summed E-state index contributed by atoms with van der Waals surface area (Å²) >= 11 is 0. The minimum atomic E-state index is -0.535. The summed E-state index contributed by atoms with van der Waals surface area (Å²) in [4.78, 5) is 23.3. The van der Waals surface area contributed by atoms with Gasteiger partial charge < -0.3 is 14.2 Å². The molecule has 0 aliphatic heterocycles. The zero-order valence-corrected chi connectivity index (χ0v) is 22.0. The second-order valence-corrected chi connectivity index (χ2v) is 9.13. The summed E-state index contributed by atoms with van der Waals surface area (Å²) in [6.45, 7) is 10.2. The summed E-state index contributed by atoms with van der Waals surface area (Å²) in [5.41, 5.74) is 3.05. The minimum absolute atomic E-state index is 0.0363. The lowest BCUT2D eigenvalue weighted by atomic mass is 10.0. The molecule has 40 heavy (non-hydrogen) atoms. The highest BCUT2D eigenvalue weighted by Gasteiger charge is 2.12. The van der Waals surface area contributed by atoms with Gasteiger partial charge >= 0.3 is 11.9 Å². The maximum Gasteiger partial charge on any atom is 0.338 e. The number of hydrogen-bond acceptors (Lipinski definition) is 5. The Balaban J connectivity index is 1.39. The van der Waals surface area contributed by atoms with Crippen LogP contribution in [0.25, 0.3) is 22.3 Å². The van der Waals surface area contributed by atoms with E-state index in [4.69, 9.17) is 14.2 Å². The van der Waals surface area contributed by atoms with Gasteiger partial charge in [-0.25, -0.2) is 18.4 Å². The van der Waals surface area contributed by atoms with E-state index in [-0.39, 0.29) is 23.5 Å². The van der Waals surface area contributed by atoms with Gasteiger partial charge in [-0.05, 0) is 73.0 Å². The van der Waals surface area contributed by atoms with Crippen LogP contribution >= 0.6 is 0 Å². The first-order valence-corrected chi connectivity index (χ1v) is 12.3. The molecular formula is C33H26F2O5. The number of esters is 2. The van der Waals surface area contributed by atoms with Crippen LogP contribution in [0.15, 0.2) is 109 Å². The molecule has 0 spiro atoms. The zero-order valence-electron chi connectivity index (χ0n) is 22.0. The number of hydrogen-bond donors (Lipinski definition) is 0. The second kappa shape index (κ2) is 12.2. The Morgan fingerprint density at radius 3 is 1.48 bits per heavy atom. The van der Waals surface area contributed by atoms with Crippen molar-refractivity contribution in [2.24, 2.45) is 0 Å². The van der Waals surface area contributed by atoms with Gasteiger partial charge in [0.15, 0.2) is 0 Å². The molecule has 0 atom stereocenters. The molecule has 0 saturated carbocycles. The van der Waals surface area contributed by atoms with Gasteiger partial charge in [-0.2, -0.15) is 0 Å². The Morgan fingerprint density at radius 2 is 1.05 bits per heavy atom. The lowest BCUT2D eigenvalue weighted by molar-refractivity contribution is -0.130. The van der Waals surface area contributed by atoms with E-state index < -0.39 is 23.6 Å². The van der Waals surface area contributed by atoms with Crippen molar-refractivity contribution in [1.29, 1.82) is 0 Å². The predicted molar refractivity (Wildman–Crippen MR) is 149 cm³/mol. The van der Waals surface area contributed by atoms with E-state index in [1.165, 1.54) is 12.1 Å². The molecule has 0 aliphatic rings. The van der Waals surface area contributed by atoms with Crippen molar-refractivity contribution in [3.8, 4) is 39.5 Å². The molecule has 0 bridgehead atoms. The molecule has 0 saturated heterocycles. The molecule has 4 aromatic carbocycles. The Hall–Kier alpha value is -5.04. The molecule has 0 aromatic heterocycles. The molecule has 0 aliphatic carbocycles. The van der Waals surface area contributed by atoms with E-state index in [9.17, 15) is 18.4 Å². The number of carbonyl (C=O) groups excluding carboxylic acids is 2. The third kappa shape index (κ3) is 6.88. The van der Waals surface area contributed by atoms with Gasteiger partial charge in [0.25, 0.3) is 0 Å². The number of halogens is 2. The van der Waals surface area contributed by atoms with Crippen molar-refractivity contribution in [3.05, 3.63) is 126 Å². The number of ether oxygens (including phenoxy) is 3. The molecule has 0 unspecified atom stereocenters. The van der Waals surface area contributed by atoms with Crippen LogP contribution in [0.1, 0.15) is 19.4 Å². The van der Waals surface area contributed by atoms with Gasteiger partial charge in [-0.15, -0.1) is 0 Å². The molecule has 0 heterocycles. The summed E-state index contributed by atoms with van der Waals surface area (Å²) < 4.78 is 45.7. The summed E-state index contributed by atoms with van der Waals surface area (Å²) in [6, 6.07) is 22.1. The predicted octanol–water partition coefficient (Wildman–Crippen LogP) is 7.84. The first-order chi connectivity index (χ1) is 19.1.